The zero-order valence-corrected chi connectivity index (χ0v) is 19.9. The lowest BCUT2D eigenvalue weighted by Gasteiger charge is -2.30. The summed E-state index contributed by atoms with van der Waals surface area (Å²) < 4.78 is 20.8. The molecule has 2 heterocycles. The van der Waals surface area contributed by atoms with Crippen LogP contribution in [0.1, 0.15) is 29.1 Å². The van der Waals surface area contributed by atoms with Gasteiger partial charge in [-0.15, -0.1) is 0 Å². The normalized spacial score (nSPS) is 15.9. The van der Waals surface area contributed by atoms with Crippen LogP contribution in [0.5, 0.6) is 11.5 Å². The second kappa shape index (κ2) is 11.0. The summed E-state index contributed by atoms with van der Waals surface area (Å²) in [6.07, 6.45) is 1.68. The van der Waals surface area contributed by atoms with Crippen LogP contribution in [0.3, 0.4) is 0 Å². The van der Waals surface area contributed by atoms with Gasteiger partial charge in [-0.1, -0.05) is 5.16 Å². The maximum atomic E-state index is 12.8. The molecule has 0 bridgehead atoms. The van der Waals surface area contributed by atoms with Crippen molar-refractivity contribution in [2.45, 2.75) is 19.4 Å². The number of nitrogens with zero attached hydrogens (tertiary/aromatic N) is 3. The smallest absolute Gasteiger partial charge is 0.337 e. The van der Waals surface area contributed by atoms with Gasteiger partial charge in [-0.3, -0.25) is 9.69 Å². The van der Waals surface area contributed by atoms with Crippen LogP contribution >= 0.6 is 0 Å². The third-order valence-corrected chi connectivity index (χ3v) is 5.92. The Labute approximate surface area is 203 Å². The number of methoxy groups -OCH3 is 3. The van der Waals surface area contributed by atoms with Crippen LogP contribution in [-0.2, 0) is 16.1 Å². The molecule has 0 radical (unpaired) electrons. The fourth-order valence-corrected chi connectivity index (χ4v) is 4.07. The average Bonchev–Trinajstić information content (AvgIpc) is 3.36. The Morgan fingerprint density at radius 3 is 2.57 bits per heavy atom. The molecule has 3 aromatic rings. The summed E-state index contributed by atoms with van der Waals surface area (Å²) in [5, 5.41) is 7.03. The van der Waals surface area contributed by atoms with Gasteiger partial charge in [0.2, 0.25) is 17.6 Å². The van der Waals surface area contributed by atoms with E-state index in [0.717, 1.165) is 24.9 Å². The van der Waals surface area contributed by atoms with Gasteiger partial charge in [0.1, 0.15) is 0 Å². The van der Waals surface area contributed by atoms with Crippen LogP contribution < -0.4 is 14.8 Å². The number of likely N-dealkylation sites (tertiary alicyclic amines) is 1. The van der Waals surface area contributed by atoms with Crippen molar-refractivity contribution in [2.24, 2.45) is 5.92 Å². The summed E-state index contributed by atoms with van der Waals surface area (Å²) in [4.78, 5) is 31.1. The Morgan fingerprint density at radius 2 is 1.86 bits per heavy atom. The first-order valence-corrected chi connectivity index (χ1v) is 11.3. The van der Waals surface area contributed by atoms with E-state index in [1.807, 2.05) is 6.07 Å². The Kier molecular flexibility index (Phi) is 7.61. The van der Waals surface area contributed by atoms with Gasteiger partial charge < -0.3 is 24.1 Å². The fourth-order valence-electron chi connectivity index (χ4n) is 4.07. The zero-order chi connectivity index (χ0) is 24.8. The van der Waals surface area contributed by atoms with Crippen molar-refractivity contribution in [1.82, 2.24) is 15.0 Å². The van der Waals surface area contributed by atoms with E-state index in [4.69, 9.17) is 18.7 Å². The molecular weight excluding hydrogens is 452 g/mol. The van der Waals surface area contributed by atoms with Gasteiger partial charge in [0, 0.05) is 17.8 Å². The Hall–Kier alpha value is -3.92. The van der Waals surface area contributed by atoms with Crippen molar-refractivity contribution in [2.75, 3.05) is 39.7 Å². The highest BCUT2D eigenvalue weighted by atomic mass is 16.5. The lowest BCUT2D eigenvalue weighted by Crippen LogP contribution is -2.40. The van der Waals surface area contributed by atoms with Gasteiger partial charge in [0.15, 0.2) is 11.5 Å². The Balaban J connectivity index is 1.35. The number of esters is 1. The van der Waals surface area contributed by atoms with Crippen molar-refractivity contribution in [3.63, 3.8) is 0 Å². The molecule has 0 spiro atoms. The number of nitrogens with one attached hydrogen (secondary N) is 1. The van der Waals surface area contributed by atoms with Crippen molar-refractivity contribution in [3.05, 3.63) is 53.9 Å². The SMILES string of the molecule is COC(=O)c1ccc(NC(=O)[C@@H]2CCCN(Cc3nc(-c4ccc(OC)c(OC)c4)no3)C2)cc1. The third kappa shape index (κ3) is 5.78. The van der Waals surface area contributed by atoms with Gasteiger partial charge in [-0.2, -0.15) is 4.98 Å². The number of piperidine rings is 1. The lowest BCUT2D eigenvalue weighted by atomic mass is 9.97. The topological polar surface area (TPSA) is 116 Å². The summed E-state index contributed by atoms with van der Waals surface area (Å²) in [5.41, 5.74) is 1.82. The van der Waals surface area contributed by atoms with E-state index in [-0.39, 0.29) is 11.8 Å². The number of anilines is 1. The quantitative estimate of drug-likeness (QED) is 0.484. The van der Waals surface area contributed by atoms with Gasteiger partial charge in [-0.25, -0.2) is 4.79 Å². The molecule has 1 saturated heterocycles. The van der Waals surface area contributed by atoms with Crippen molar-refractivity contribution < 1.29 is 28.3 Å². The predicted octanol–water partition coefficient (Wildman–Crippen LogP) is 3.39. The van der Waals surface area contributed by atoms with Gasteiger partial charge in [0.25, 0.3) is 0 Å². The molecular formula is C25H28N4O6. The maximum Gasteiger partial charge on any atom is 0.337 e. The number of ether oxygens (including phenoxy) is 3. The van der Waals surface area contributed by atoms with Crippen LogP contribution in [-0.4, -0.2) is 61.3 Å². The minimum Gasteiger partial charge on any atom is -0.493 e. The molecule has 10 nitrogen and oxygen atoms in total. The lowest BCUT2D eigenvalue weighted by molar-refractivity contribution is -0.121. The number of amides is 1. The van der Waals surface area contributed by atoms with Gasteiger partial charge in [-0.05, 0) is 61.9 Å². The molecule has 1 aliphatic rings. The summed E-state index contributed by atoms with van der Waals surface area (Å²) in [7, 11) is 4.48. The highest BCUT2D eigenvalue weighted by molar-refractivity contribution is 5.94. The van der Waals surface area contributed by atoms with Crippen LogP contribution in [0, 0.1) is 5.92 Å². The molecule has 1 fully saturated rings. The molecule has 2 aromatic carbocycles. The first-order chi connectivity index (χ1) is 17.0. The van der Waals surface area contributed by atoms with Crippen LogP contribution in [0.25, 0.3) is 11.4 Å². The first-order valence-electron chi connectivity index (χ1n) is 11.3. The highest BCUT2D eigenvalue weighted by Gasteiger charge is 2.27. The molecule has 10 heteroatoms. The standard InChI is InChI=1S/C25H28N4O6/c1-32-20-11-8-17(13-21(20)33-2)23-27-22(35-28-23)15-29-12-4-5-18(14-29)24(30)26-19-9-6-16(7-10-19)25(31)34-3/h6-11,13,18H,4-5,12,14-15H2,1-3H3,(H,26,30)/t18-/m1/s1. The zero-order valence-electron chi connectivity index (χ0n) is 19.9. The largest absolute Gasteiger partial charge is 0.493 e. The van der Waals surface area contributed by atoms with Crippen molar-refractivity contribution >= 4 is 17.6 Å². The molecule has 0 saturated carbocycles. The highest BCUT2D eigenvalue weighted by Crippen LogP contribution is 2.31. The first kappa shape index (κ1) is 24.2. The minimum absolute atomic E-state index is 0.0583. The molecule has 35 heavy (non-hydrogen) atoms. The average molecular weight is 481 g/mol. The Morgan fingerprint density at radius 1 is 1.09 bits per heavy atom. The summed E-state index contributed by atoms with van der Waals surface area (Å²) in [6.45, 7) is 1.88. The number of rotatable bonds is 8. The maximum absolute atomic E-state index is 12.8. The van der Waals surface area contributed by atoms with Crippen molar-refractivity contribution in [1.29, 1.82) is 0 Å². The van der Waals surface area contributed by atoms with Gasteiger partial charge >= 0.3 is 5.97 Å². The fraction of sp³-hybridized carbons (Fsp3) is 0.360. The summed E-state index contributed by atoms with van der Waals surface area (Å²) in [5.74, 6) is 1.51. The number of hydrogen-bond acceptors (Lipinski definition) is 9. The molecule has 1 amide bonds. The van der Waals surface area contributed by atoms with E-state index < -0.39 is 5.97 Å². The van der Waals surface area contributed by atoms with Crippen LogP contribution in [0.2, 0.25) is 0 Å². The molecule has 1 aromatic heterocycles. The third-order valence-electron chi connectivity index (χ3n) is 5.92. The number of benzene rings is 2. The molecule has 1 aliphatic heterocycles. The molecule has 1 atom stereocenters. The monoisotopic (exact) mass is 480 g/mol. The van der Waals surface area contributed by atoms with Crippen molar-refractivity contribution in [3.8, 4) is 22.9 Å². The molecule has 4 rings (SSSR count). The molecule has 1 N–H and O–H groups in total. The van der Waals surface area contributed by atoms with E-state index in [2.05, 4.69) is 20.4 Å². The predicted molar refractivity (Wildman–Crippen MR) is 127 cm³/mol. The van der Waals surface area contributed by atoms with E-state index in [9.17, 15) is 9.59 Å². The number of hydrogen-bond donors (Lipinski definition) is 1. The molecule has 0 aliphatic carbocycles. The number of carbonyl (C=O) groups excluding carboxylic acids is 2. The Bertz CT molecular complexity index is 1180. The van der Waals surface area contributed by atoms with E-state index in [1.165, 1.54) is 7.11 Å². The summed E-state index contributed by atoms with van der Waals surface area (Å²) in [6, 6.07) is 12.1. The second-order valence-corrected chi connectivity index (χ2v) is 8.21. The number of carbonyl (C=O) groups is 2. The van der Waals surface area contributed by atoms with E-state index >= 15 is 0 Å². The van der Waals surface area contributed by atoms with E-state index in [1.54, 1.807) is 50.6 Å². The summed E-state index contributed by atoms with van der Waals surface area (Å²) >= 11 is 0. The second-order valence-electron chi connectivity index (χ2n) is 8.21. The minimum atomic E-state index is -0.416. The van der Waals surface area contributed by atoms with Crippen LogP contribution in [0.15, 0.2) is 47.0 Å². The number of aromatic nitrogens is 2. The van der Waals surface area contributed by atoms with Gasteiger partial charge in [0.05, 0.1) is 39.4 Å². The van der Waals surface area contributed by atoms with Crippen LogP contribution in [0.4, 0.5) is 5.69 Å². The van der Waals surface area contributed by atoms with E-state index in [0.29, 0.717) is 47.6 Å². The molecule has 184 valence electrons. The molecule has 0 unspecified atom stereocenters.